The molecule has 7 rings (SSSR count). The van der Waals surface area contributed by atoms with Crippen LogP contribution in [0.5, 0.6) is 11.5 Å². The van der Waals surface area contributed by atoms with Gasteiger partial charge < -0.3 is 78.3 Å². The summed E-state index contributed by atoms with van der Waals surface area (Å²) in [7, 11) is 0. The molecule has 0 aliphatic carbocycles. The minimum atomic E-state index is -1.95. The van der Waals surface area contributed by atoms with Gasteiger partial charge in [-0.2, -0.15) is 0 Å². The number of fused-ring (bicyclic) bond motifs is 6. The third-order valence-corrected chi connectivity index (χ3v) is 15.6. The highest BCUT2D eigenvalue weighted by Crippen LogP contribution is 2.43. The van der Waals surface area contributed by atoms with E-state index in [0.29, 0.717) is 107 Å². The Balaban J connectivity index is 0.777. The molecule has 91 heavy (non-hydrogen) atoms. The first kappa shape index (κ1) is 71.0. The molecule has 2 aromatic heterocycles. The van der Waals surface area contributed by atoms with Crippen molar-refractivity contribution in [2.24, 2.45) is 11.8 Å². The van der Waals surface area contributed by atoms with Gasteiger partial charge in [0.1, 0.15) is 12.2 Å². The normalized spacial score (nSPS) is 16.2. The van der Waals surface area contributed by atoms with Crippen LogP contribution >= 0.6 is 0 Å². The van der Waals surface area contributed by atoms with Crippen LogP contribution in [0.4, 0.5) is 4.79 Å². The average molecular weight is 1280 g/mol. The van der Waals surface area contributed by atoms with Gasteiger partial charge in [-0.1, -0.05) is 27.2 Å². The maximum Gasteiger partial charge on any atom is 0.407 e. The molecule has 3 atom stereocenters. The number of ether oxygens (including phenoxy) is 10. The molecule has 4 aliphatic rings. The summed E-state index contributed by atoms with van der Waals surface area (Å²) >= 11 is 0. The molecule has 1 aromatic carbocycles. The van der Waals surface area contributed by atoms with E-state index in [1.807, 2.05) is 26.0 Å². The number of esters is 1. The van der Waals surface area contributed by atoms with Gasteiger partial charge in [-0.25, -0.2) is 14.6 Å². The second-order valence-electron chi connectivity index (χ2n) is 23.8. The Hall–Kier alpha value is -7.40. The summed E-state index contributed by atoms with van der Waals surface area (Å²) in [5.41, 5.74) is 1.21. The fourth-order valence-corrected chi connectivity index (χ4v) is 10.8. The Morgan fingerprint density at radius 3 is 1.98 bits per heavy atom. The van der Waals surface area contributed by atoms with Crippen molar-refractivity contribution < 1.29 is 90.8 Å². The molecule has 27 heteroatoms. The standard InChI is InChI=1S/C64H89N7O20/c1-7-64(81)47-36-49-58-45(38-71(49)60(78)46(47)39-88-61(64)79)43(44-35-51-52(90-40-89-51)37-48(44)68-58)13-9-11-22-82-26-28-85-25-20-66-59(77)42(12-8-10-18-67-62(80)91-63(4,5)6)34-50(72)57(41(2)3)69-54(74)17-23-83-27-30-86-32-33-87-31-29-84-24-19-65-53(73)16-21-70-55(75)14-15-56(70)76/h14-15,35-37,41-42,57,81H,7-13,16-34,38-40H2,1-6H3,(H,65,73)(H,66,77)(H,67,80)(H,69,74)/t42-,57+,64+/m1/s1. The highest BCUT2D eigenvalue weighted by Gasteiger charge is 2.46. The summed E-state index contributed by atoms with van der Waals surface area (Å²) in [6.45, 7) is 14.8. The average Bonchev–Trinajstić information content (AvgIpc) is 1.62. The van der Waals surface area contributed by atoms with E-state index in [2.05, 4.69) is 21.3 Å². The Morgan fingerprint density at radius 2 is 1.33 bits per heavy atom. The summed E-state index contributed by atoms with van der Waals surface area (Å²) in [5.74, 6) is -2.76. The first-order chi connectivity index (χ1) is 43.7. The third-order valence-electron chi connectivity index (χ3n) is 15.6. The van der Waals surface area contributed by atoms with Gasteiger partial charge in [-0.05, 0) is 82.9 Å². The summed E-state index contributed by atoms with van der Waals surface area (Å²) in [5, 5.41) is 23.4. The molecule has 0 radical (unpaired) electrons. The number of imide groups is 1. The van der Waals surface area contributed by atoms with E-state index in [-0.39, 0.29) is 151 Å². The molecule has 0 saturated heterocycles. The van der Waals surface area contributed by atoms with Crippen LogP contribution in [0, 0.1) is 11.8 Å². The number of carbonyl (C=O) groups excluding carboxylic acids is 8. The molecule has 27 nitrogen and oxygen atoms in total. The first-order valence-corrected chi connectivity index (χ1v) is 31.4. The summed E-state index contributed by atoms with van der Waals surface area (Å²) in [6.07, 6.45) is 5.19. The van der Waals surface area contributed by atoms with E-state index in [1.54, 1.807) is 38.3 Å². The molecule has 6 heterocycles. The van der Waals surface area contributed by atoms with Crippen LogP contribution in [-0.2, 0) is 96.6 Å². The van der Waals surface area contributed by atoms with Crippen LogP contribution in [0.2, 0.25) is 0 Å². The van der Waals surface area contributed by atoms with Crippen molar-refractivity contribution in [3.8, 4) is 22.9 Å². The zero-order valence-corrected chi connectivity index (χ0v) is 53.2. The van der Waals surface area contributed by atoms with Crippen molar-refractivity contribution in [3.63, 3.8) is 0 Å². The van der Waals surface area contributed by atoms with Crippen LogP contribution < -0.4 is 36.3 Å². The SMILES string of the molecule is CC[C@@]1(O)C(=O)OCc2c1cc1n(c2=O)Cc2c-1nc1cc3c(cc1c2CCCCOCCOCCNC(=O)[C@H](CCCCNC(=O)OC(C)(C)C)CC(=O)[C@@H](NC(=O)CCOCCOCCOCCOCCNC(=O)CCN1C(=O)C=CC1=O)C(C)C)OCO3. The van der Waals surface area contributed by atoms with Crippen molar-refractivity contribution in [1.82, 2.24) is 35.7 Å². The highest BCUT2D eigenvalue weighted by molar-refractivity contribution is 6.13. The topological polar surface area (TPSA) is 335 Å². The number of aliphatic hydroxyl groups is 1. The van der Waals surface area contributed by atoms with Crippen LogP contribution in [-0.4, -0.2) is 191 Å². The maximum absolute atomic E-state index is 14.0. The van der Waals surface area contributed by atoms with Gasteiger partial charge in [-0.15, -0.1) is 0 Å². The quantitative estimate of drug-likeness (QED) is 0.0241. The zero-order chi connectivity index (χ0) is 65.5. The van der Waals surface area contributed by atoms with Crippen molar-refractivity contribution >= 4 is 58.3 Å². The van der Waals surface area contributed by atoms with E-state index < -0.39 is 47.0 Å². The van der Waals surface area contributed by atoms with Gasteiger partial charge in [0.25, 0.3) is 17.4 Å². The van der Waals surface area contributed by atoms with Crippen molar-refractivity contribution in [1.29, 1.82) is 0 Å². The number of amides is 6. The molecule has 0 unspecified atom stereocenters. The van der Waals surface area contributed by atoms with Crippen LogP contribution in [0.3, 0.4) is 0 Å². The summed E-state index contributed by atoms with van der Waals surface area (Å²) < 4.78 is 57.4. The van der Waals surface area contributed by atoms with Gasteiger partial charge in [0.2, 0.25) is 24.5 Å². The number of hydrogen-bond acceptors (Lipinski definition) is 21. The van der Waals surface area contributed by atoms with Crippen LogP contribution in [0.15, 0.2) is 35.1 Å². The number of pyridine rings is 2. The molecular formula is C64H89N7O20. The summed E-state index contributed by atoms with van der Waals surface area (Å²) in [4.78, 5) is 121. The monoisotopic (exact) mass is 1280 g/mol. The lowest BCUT2D eigenvalue weighted by atomic mass is 9.86. The van der Waals surface area contributed by atoms with Gasteiger partial charge in [0.15, 0.2) is 22.9 Å². The highest BCUT2D eigenvalue weighted by atomic mass is 16.7. The largest absolute Gasteiger partial charge is 0.458 e. The fraction of sp³-hybridized carbons (Fsp3) is 0.625. The molecule has 4 aliphatic heterocycles. The Kier molecular flexibility index (Phi) is 27.2. The molecular weight excluding hydrogens is 1190 g/mol. The number of unbranched alkanes of at least 4 members (excludes halogenated alkanes) is 2. The van der Waals surface area contributed by atoms with E-state index in [4.69, 9.17) is 52.4 Å². The lowest BCUT2D eigenvalue weighted by Crippen LogP contribution is -2.46. The number of nitrogens with one attached hydrogen (secondary N) is 4. The predicted molar refractivity (Wildman–Crippen MR) is 328 cm³/mol. The molecule has 0 spiro atoms. The molecule has 0 saturated carbocycles. The molecule has 3 aromatic rings. The number of rotatable bonds is 41. The van der Waals surface area contributed by atoms with E-state index in [1.165, 1.54) is 12.2 Å². The predicted octanol–water partition coefficient (Wildman–Crippen LogP) is 3.58. The fourth-order valence-electron chi connectivity index (χ4n) is 10.8. The van der Waals surface area contributed by atoms with Gasteiger partial charge in [-0.3, -0.25) is 38.5 Å². The maximum atomic E-state index is 14.0. The first-order valence-electron chi connectivity index (χ1n) is 31.4. The second-order valence-corrected chi connectivity index (χ2v) is 23.8. The van der Waals surface area contributed by atoms with E-state index >= 15 is 0 Å². The molecule has 6 amide bonds. The number of hydrogen-bond donors (Lipinski definition) is 5. The zero-order valence-electron chi connectivity index (χ0n) is 53.2. The number of alkyl carbamates (subject to hydrolysis) is 1. The Bertz CT molecular complexity index is 3120. The molecule has 5 N–H and O–H groups in total. The number of aryl methyl sites for hydroxylation is 1. The van der Waals surface area contributed by atoms with E-state index in [0.717, 1.165) is 27.8 Å². The van der Waals surface area contributed by atoms with Crippen molar-refractivity contribution in [3.05, 3.63) is 63.0 Å². The van der Waals surface area contributed by atoms with Crippen LogP contribution in [0.25, 0.3) is 22.3 Å². The smallest absolute Gasteiger partial charge is 0.407 e. The number of carbonyl (C=O) groups is 8. The number of nitrogens with zero attached hydrogens (tertiary/aromatic N) is 3. The van der Waals surface area contributed by atoms with Crippen molar-refractivity contribution in [2.45, 2.75) is 136 Å². The Labute approximate surface area is 529 Å². The number of Topliss-reactive ketones (excluding diaryl/α,β-unsaturated/α-hetero) is 1. The minimum absolute atomic E-state index is 0.000756. The Morgan fingerprint density at radius 1 is 0.703 bits per heavy atom. The molecule has 0 fully saturated rings. The number of aromatic nitrogens is 2. The number of ketones is 1. The summed E-state index contributed by atoms with van der Waals surface area (Å²) in [6, 6.07) is 4.61. The molecule has 500 valence electrons. The molecule has 0 bridgehead atoms. The lowest BCUT2D eigenvalue weighted by Gasteiger charge is -2.31. The lowest BCUT2D eigenvalue weighted by molar-refractivity contribution is -0.172. The third kappa shape index (κ3) is 20.5. The van der Waals surface area contributed by atoms with Gasteiger partial charge >= 0.3 is 12.1 Å². The number of benzene rings is 1. The van der Waals surface area contributed by atoms with Gasteiger partial charge in [0.05, 0.1) is 108 Å². The van der Waals surface area contributed by atoms with E-state index in [9.17, 15) is 48.3 Å². The van der Waals surface area contributed by atoms with Crippen molar-refractivity contribution in [2.75, 3.05) is 112 Å². The minimum Gasteiger partial charge on any atom is -0.458 e. The number of cyclic esters (lactones) is 1. The van der Waals surface area contributed by atoms with Gasteiger partial charge in [0, 0.05) is 92.7 Å². The van der Waals surface area contributed by atoms with Crippen LogP contribution in [0.1, 0.15) is 122 Å². The second kappa shape index (κ2) is 34.9.